The van der Waals surface area contributed by atoms with Crippen LogP contribution >= 0.6 is 0 Å². The minimum atomic E-state index is -0.103. The predicted molar refractivity (Wildman–Crippen MR) is 94.8 cm³/mol. The minimum absolute atomic E-state index is 0.00372. The predicted octanol–water partition coefficient (Wildman–Crippen LogP) is 1.49. The molecule has 1 aliphatic carbocycles. The summed E-state index contributed by atoms with van der Waals surface area (Å²) in [6.07, 6.45) is 3.91. The third kappa shape index (κ3) is 3.96. The van der Waals surface area contributed by atoms with E-state index < -0.39 is 0 Å². The van der Waals surface area contributed by atoms with E-state index in [-0.39, 0.29) is 17.5 Å². The number of aromatic nitrogens is 2. The standard InChI is InChI=1S/C19H23N3O3/c1-13-3-4-15(12-20-13)19(24)21-16-6-7-17-14(11-16)5-8-18(23)22(17)9-10-25-2/h3-5,8,12,16H,6-7,9-11H2,1-2H3,(H,21,24)/t16-/m0/s1. The monoisotopic (exact) mass is 341 g/mol. The largest absolute Gasteiger partial charge is 0.383 e. The van der Waals surface area contributed by atoms with Crippen LogP contribution in [0.5, 0.6) is 0 Å². The molecule has 2 aromatic heterocycles. The number of aryl methyl sites for hydroxylation is 1. The number of hydrogen-bond acceptors (Lipinski definition) is 4. The van der Waals surface area contributed by atoms with Crippen LogP contribution in [0.25, 0.3) is 0 Å². The van der Waals surface area contributed by atoms with Gasteiger partial charge < -0.3 is 14.6 Å². The number of carbonyl (C=O) groups is 1. The Kier molecular flexibility index (Phi) is 5.28. The molecule has 1 N–H and O–H groups in total. The van der Waals surface area contributed by atoms with Crippen LogP contribution in [0.2, 0.25) is 0 Å². The normalized spacial score (nSPS) is 16.3. The summed E-state index contributed by atoms with van der Waals surface area (Å²) in [6, 6.07) is 7.17. The Labute approximate surface area is 146 Å². The lowest BCUT2D eigenvalue weighted by Gasteiger charge is -2.27. The molecule has 1 aliphatic rings. The van der Waals surface area contributed by atoms with Gasteiger partial charge in [-0.3, -0.25) is 14.6 Å². The Balaban J connectivity index is 1.72. The molecule has 0 bridgehead atoms. The van der Waals surface area contributed by atoms with Gasteiger partial charge in [0.15, 0.2) is 0 Å². The molecule has 0 radical (unpaired) electrons. The van der Waals surface area contributed by atoms with E-state index in [1.165, 1.54) is 0 Å². The summed E-state index contributed by atoms with van der Waals surface area (Å²) in [6.45, 7) is 2.96. The van der Waals surface area contributed by atoms with Gasteiger partial charge in [-0.05, 0) is 43.9 Å². The van der Waals surface area contributed by atoms with Crippen molar-refractivity contribution in [3.63, 3.8) is 0 Å². The highest BCUT2D eigenvalue weighted by Gasteiger charge is 2.23. The van der Waals surface area contributed by atoms with Crippen molar-refractivity contribution in [2.24, 2.45) is 0 Å². The Morgan fingerprint density at radius 2 is 2.20 bits per heavy atom. The summed E-state index contributed by atoms with van der Waals surface area (Å²) < 4.78 is 6.89. The van der Waals surface area contributed by atoms with Crippen molar-refractivity contribution in [3.8, 4) is 0 Å². The first-order chi connectivity index (χ1) is 12.1. The van der Waals surface area contributed by atoms with Crippen molar-refractivity contribution < 1.29 is 9.53 Å². The van der Waals surface area contributed by atoms with Crippen LogP contribution in [-0.2, 0) is 24.1 Å². The summed E-state index contributed by atoms with van der Waals surface area (Å²) in [5.41, 5.74) is 3.64. The van der Waals surface area contributed by atoms with E-state index in [1.807, 2.05) is 19.1 Å². The number of amides is 1. The molecule has 0 saturated heterocycles. The molecule has 0 aliphatic heterocycles. The number of rotatable bonds is 5. The zero-order valence-corrected chi connectivity index (χ0v) is 14.6. The molecule has 2 aromatic rings. The number of pyridine rings is 2. The van der Waals surface area contributed by atoms with Gasteiger partial charge in [0.25, 0.3) is 11.5 Å². The summed E-state index contributed by atoms with van der Waals surface area (Å²) in [7, 11) is 1.63. The fourth-order valence-electron chi connectivity index (χ4n) is 3.25. The molecule has 6 nitrogen and oxygen atoms in total. The van der Waals surface area contributed by atoms with Gasteiger partial charge in [-0.2, -0.15) is 0 Å². The molecule has 132 valence electrons. The molecule has 0 spiro atoms. The first-order valence-corrected chi connectivity index (χ1v) is 8.52. The average Bonchev–Trinajstić information content (AvgIpc) is 2.61. The summed E-state index contributed by atoms with van der Waals surface area (Å²) in [5, 5.41) is 3.08. The molecule has 1 amide bonds. The molecule has 6 heteroatoms. The maximum absolute atomic E-state index is 12.4. The number of nitrogens with zero attached hydrogens (tertiary/aromatic N) is 2. The molecule has 0 unspecified atom stereocenters. The lowest BCUT2D eigenvalue weighted by molar-refractivity contribution is 0.0933. The quantitative estimate of drug-likeness (QED) is 0.894. The Morgan fingerprint density at radius 3 is 2.92 bits per heavy atom. The van der Waals surface area contributed by atoms with Crippen LogP contribution in [0, 0.1) is 6.92 Å². The van der Waals surface area contributed by atoms with Gasteiger partial charge in [-0.15, -0.1) is 0 Å². The lowest BCUT2D eigenvalue weighted by atomic mass is 9.91. The molecular weight excluding hydrogens is 318 g/mol. The number of nitrogens with one attached hydrogen (secondary N) is 1. The highest BCUT2D eigenvalue weighted by Crippen LogP contribution is 2.20. The van der Waals surface area contributed by atoms with Crippen molar-refractivity contribution in [3.05, 3.63) is 63.3 Å². The van der Waals surface area contributed by atoms with E-state index >= 15 is 0 Å². The van der Waals surface area contributed by atoms with Crippen LogP contribution in [0.4, 0.5) is 0 Å². The third-order valence-corrected chi connectivity index (χ3v) is 4.61. The van der Waals surface area contributed by atoms with E-state index in [2.05, 4.69) is 10.3 Å². The molecule has 2 heterocycles. The maximum atomic E-state index is 12.4. The van der Waals surface area contributed by atoms with E-state index in [0.29, 0.717) is 18.7 Å². The van der Waals surface area contributed by atoms with Crippen molar-refractivity contribution in [1.82, 2.24) is 14.9 Å². The van der Waals surface area contributed by atoms with Gasteiger partial charge in [-0.1, -0.05) is 6.07 Å². The highest BCUT2D eigenvalue weighted by atomic mass is 16.5. The fraction of sp³-hybridized carbons (Fsp3) is 0.421. The highest BCUT2D eigenvalue weighted by molar-refractivity contribution is 5.94. The van der Waals surface area contributed by atoms with Crippen LogP contribution in [0.1, 0.15) is 33.7 Å². The van der Waals surface area contributed by atoms with Crippen LogP contribution in [0.15, 0.2) is 35.3 Å². The second kappa shape index (κ2) is 7.61. The molecule has 3 rings (SSSR count). The van der Waals surface area contributed by atoms with Crippen molar-refractivity contribution >= 4 is 5.91 Å². The van der Waals surface area contributed by atoms with Crippen LogP contribution in [0.3, 0.4) is 0 Å². The smallest absolute Gasteiger partial charge is 0.253 e. The minimum Gasteiger partial charge on any atom is -0.383 e. The van der Waals surface area contributed by atoms with Gasteiger partial charge in [0.1, 0.15) is 0 Å². The van der Waals surface area contributed by atoms with Gasteiger partial charge in [0.05, 0.1) is 12.2 Å². The Bertz CT molecular complexity index is 812. The fourth-order valence-corrected chi connectivity index (χ4v) is 3.25. The van der Waals surface area contributed by atoms with Gasteiger partial charge in [-0.25, -0.2) is 0 Å². The van der Waals surface area contributed by atoms with Crippen molar-refractivity contribution in [2.45, 2.75) is 38.8 Å². The zero-order chi connectivity index (χ0) is 17.8. The summed E-state index contributed by atoms with van der Waals surface area (Å²) in [5.74, 6) is -0.103. The van der Waals surface area contributed by atoms with E-state index in [1.54, 1.807) is 30.0 Å². The van der Waals surface area contributed by atoms with Crippen LogP contribution in [-0.4, -0.2) is 35.2 Å². The first kappa shape index (κ1) is 17.4. The SMILES string of the molecule is COCCn1c2c(ccc1=O)C[C@@H](NC(=O)c1ccc(C)nc1)CC2. The average molecular weight is 341 g/mol. The number of methoxy groups -OCH3 is 1. The van der Waals surface area contributed by atoms with Crippen LogP contribution < -0.4 is 10.9 Å². The second-order valence-electron chi connectivity index (χ2n) is 6.39. The van der Waals surface area contributed by atoms with E-state index in [4.69, 9.17) is 4.74 Å². The number of fused-ring (bicyclic) bond motifs is 1. The van der Waals surface area contributed by atoms with Gasteiger partial charge >= 0.3 is 0 Å². The summed E-state index contributed by atoms with van der Waals surface area (Å²) >= 11 is 0. The number of carbonyl (C=O) groups excluding carboxylic acids is 1. The Hall–Kier alpha value is -2.47. The van der Waals surface area contributed by atoms with Gasteiger partial charge in [0, 0.05) is 43.3 Å². The second-order valence-corrected chi connectivity index (χ2v) is 6.39. The zero-order valence-electron chi connectivity index (χ0n) is 14.6. The molecular formula is C19H23N3O3. The van der Waals surface area contributed by atoms with Crippen molar-refractivity contribution in [2.75, 3.05) is 13.7 Å². The molecule has 1 atom stereocenters. The molecule has 0 fully saturated rings. The first-order valence-electron chi connectivity index (χ1n) is 8.52. The van der Waals surface area contributed by atoms with Gasteiger partial charge in [0.2, 0.25) is 0 Å². The summed E-state index contributed by atoms with van der Waals surface area (Å²) in [4.78, 5) is 28.6. The lowest BCUT2D eigenvalue weighted by Crippen LogP contribution is -2.40. The molecule has 0 aromatic carbocycles. The van der Waals surface area contributed by atoms with E-state index in [9.17, 15) is 9.59 Å². The van der Waals surface area contributed by atoms with E-state index in [0.717, 1.165) is 36.2 Å². The topological polar surface area (TPSA) is 73.2 Å². The van der Waals surface area contributed by atoms with Crippen molar-refractivity contribution in [1.29, 1.82) is 0 Å². The number of hydrogen-bond donors (Lipinski definition) is 1. The Morgan fingerprint density at radius 1 is 1.36 bits per heavy atom. The number of ether oxygens (including phenoxy) is 1. The molecule has 25 heavy (non-hydrogen) atoms. The molecule has 0 saturated carbocycles. The maximum Gasteiger partial charge on any atom is 0.253 e. The third-order valence-electron chi connectivity index (χ3n) is 4.61.